The fraction of sp³-hybridized carbons (Fsp3) is 0.632. The van der Waals surface area contributed by atoms with Gasteiger partial charge in [-0.25, -0.2) is 8.42 Å². The number of piperazine rings is 1. The van der Waals surface area contributed by atoms with Crippen molar-refractivity contribution >= 4 is 15.9 Å². The number of carbonyl (C=O) groups excluding carboxylic acids is 1. The quantitative estimate of drug-likeness (QED) is 0.815. The molecule has 0 radical (unpaired) electrons. The molecule has 1 aromatic rings. The van der Waals surface area contributed by atoms with Crippen LogP contribution in [0.25, 0.3) is 0 Å². The number of sulfonamides is 1. The Labute approximate surface area is 157 Å². The Bertz CT molecular complexity index is 740. The van der Waals surface area contributed by atoms with E-state index in [1.165, 1.54) is 0 Å². The molecular weight excluding hydrogens is 350 g/mol. The Hall–Kier alpha value is -1.44. The average molecular weight is 382 g/mol. The molecule has 0 bridgehead atoms. The molecule has 1 fully saturated rings. The van der Waals surface area contributed by atoms with Gasteiger partial charge in [0.1, 0.15) is 0 Å². The minimum Gasteiger partial charge on any atom is -0.355 e. The number of rotatable bonds is 6. The van der Waals surface area contributed by atoms with Crippen molar-refractivity contribution in [2.75, 3.05) is 39.3 Å². The molecule has 1 aliphatic heterocycles. The van der Waals surface area contributed by atoms with Crippen molar-refractivity contribution < 1.29 is 13.2 Å². The van der Waals surface area contributed by atoms with E-state index in [2.05, 4.69) is 5.32 Å². The molecule has 1 amide bonds. The molecule has 0 saturated carbocycles. The van der Waals surface area contributed by atoms with Crippen molar-refractivity contribution in [1.82, 2.24) is 14.5 Å². The second kappa shape index (κ2) is 8.50. The van der Waals surface area contributed by atoms with Crippen LogP contribution >= 0.6 is 0 Å². The normalized spacial score (nSPS) is 16.7. The first-order valence-corrected chi connectivity index (χ1v) is 10.7. The average Bonchev–Trinajstić information content (AvgIpc) is 2.58. The summed E-state index contributed by atoms with van der Waals surface area (Å²) in [6.07, 6.45) is 0.909. The molecular formula is C19H31N3O3S. The monoisotopic (exact) mass is 381 g/mol. The zero-order valence-corrected chi connectivity index (χ0v) is 17.4. The van der Waals surface area contributed by atoms with Crippen LogP contribution in [0.15, 0.2) is 11.0 Å². The largest absolute Gasteiger partial charge is 0.355 e. The predicted octanol–water partition coefficient (Wildman–Crippen LogP) is 1.75. The van der Waals surface area contributed by atoms with E-state index in [-0.39, 0.29) is 5.91 Å². The second-order valence-electron chi connectivity index (χ2n) is 7.12. The highest BCUT2D eigenvalue weighted by atomic mass is 32.2. The van der Waals surface area contributed by atoms with Gasteiger partial charge in [0.05, 0.1) is 11.4 Å². The molecule has 0 atom stereocenters. The maximum atomic E-state index is 13.2. The van der Waals surface area contributed by atoms with E-state index in [4.69, 9.17) is 0 Å². The van der Waals surface area contributed by atoms with Crippen LogP contribution in [-0.2, 0) is 14.8 Å². The van der Waals surface area contributed by atoms with Crippen LogP contribution in [0.1, 0.15) is 35.6 Å². The molecule has 7 heteroatoms. The van der Waals surface area contributed by atoms with Gasteiger partial charge in [-0.3, -0.25) is 9.69 Å². The third kappa shape index (κ3) is 4.45. The summed E-state index contributed by atoms with van der Waals surface area (Å²) in [5.74, 6) is 0.00385. The lowest BCUT2D eigenvalue weighted by atomic mass is 10.0. The van der Waals surface area contributed by atoms with Crippen LogP contribution in [0.2, 0.25) is 0 Å². The number of hydrogen-bond donors (Lipinski definition) is 1. The summed E-state index contributed by atoms with van der Waals surface area (Å²) in [7, 11) is -3.53. The van der Waals surface area contributed by atoms with Gasteiger partial charge in [0, 0.05) is 32.7 Å². The van der Waals surface area contributed by atoms with Crippen molar-refractivity contribution in [3.8, 4) is 0 Å². The van der Waals surface area contributed by atoms with Gasteiger partial charge in [-0.05, 0) is 56.4 Å². The van der Waals surface area contributed by atoms with Gasteiger partial charge in [-0.2, -0.15) is 4.31 Å². The minimum atomic E-state index is -3.53. The van der Waals surface area contributed by atoms with E-state index in [1.807, 2.05) is 45.6 Å². The number of nitrogens with one attached hydrogen (secondary N) is 1. The highest BCUT2D eigenvalue weighted by Crippen LogP contribution is 2.29. The number of aryl methyl sites for hydroxylation is 2. The summed E-state index contributed by atoms with van der Waals surface area (Å²) < 4.78 is 28.0. The Morgan fingerprint density at radius 3 is 2.08 bits per heavy atom. The molecule has 1 saturated heterocycles. The fourth-order valence-electron chi connectivity index (χ4n) is 3.35. The fourth-order valence-corrected chi connectivity index (χ4v) is 5.35. The molecule has 0 unspecified atom stereocenters. The van der Waals surface area contributed by atoms with Gasteiger partial charge in [-0.15, -0.1) is 0 Å². The van der Waals surface area contributed by atoms with Gasteiger partial charge in [-0.1, -0.05) is 13.0 Å². The molecule has 2 rings (SSSR count). The maximum Gasteiger partial charge on any atom is 0.243 e. The van der Waals surface area contributed by atoms with E-state index in [9.17, 15) is 13.2 Å². The number of hydrogen-bond acceptors (Lipinski definition) is 4. The molecule has 1 aliphatic rings. The first-order valence-electron chi connectivity index (χ1n) is 9.25. The Morgan fingerprint density at radius 2 is 1.58 bits per heavy atom. The molecule has 26 heavy (non-hydrogen) atoms. The second-order valence-corrected chi connectivity index (χ2v) is 8.99. The molecule has 1 aromatic carbocycles. The van der Waals surface area contributed by atoms with Crippen LogP contribution in [0.4, 0.5) is 0 Å². The van der Waals surface area contributed by atoms with E-state index in [0.717, 1.165) is 28.7 Å². The summed E-state index contributed by atoms with van der Waals surface area (Å²) in [5.41, 5.74) is 3.65. The van der Waals surface area contributed by atoms with E-state index >= 15 is 0 Å². The van der Waals surface area contributed by atoms with E-state index in [0.29, 0.717) is 44.2 Å². The predicted molar refractivity (Wildman–Crippen MR) is 104 cm³/mol. The SMILES string of the molecule is CCCNC(=O)CN1CCN(S(=O)(=O)c2c(C)c(C)cc(C)c2C)CC1. The van der Waals surface area contributed by atoms with Crippen molar-refractivity contribution in [1.29, 1.82) is 0 Å². The number of amides is 1. The molecule has 0 aliphatic carbocycles. The van der Waals surface area contributed by atoms with Crippen molar-refractivity contribution in [2.24, 2.45) is 0 Å². The number of carbonyl (C=O) groups is 1. The summed E-state index contributed by atoms with van der Waals surface area (Å²) in [5, 5.41) is 2.86. The molecule has 1 N–H and O–H groups in total. The van der Waals surface area contributed by atoms with Gasteiger partial charge in [0.15, 0.2) is 0 Å². The van der Waals surface area contributed by atoms with Crippen molar-refractivity contribution in [3.63, 3.8) is 0 Å². The molecule has 146 valence electrons. The first-order chi connectivity index (χ1) is 12.2. The Kier molecular flexibility index (Phi) is 6.82. The van der Waals surface area contributed by atoms with Crippen LogP contribution in [0.5, 0.6) is 0 Å². The van der Waals surface area contributed by atoms with E-state index < -0.39 is 10.0 Å². The minimum absolute atomic E-state index is 0.00385. The maximum absolute atomic E-state index is 13.2. The van der Waals surface area contributed by atoms with Crippen LogP contribution in [0, 0.1) is 27.7 Å². The summed E-state index contributed by atoms with van der Waals surface area (Å²) in [4.78, 5) is 14.3. The third-order valence-electron chi connectivity index (χ3n) is 5.17. The third-order valence-corrected chi connectivity index (χ3v) is 7.34. The number of benzene rings is 1. The van der Waals surface area contributed by atoms with Gasteiger partial charge in [0.2, 0.25) is 15.9 Å². The summed E-state index contributed by atoms with van der Waals surface area (Å²) in [6, 6.07) is 2.04. The highest BCUT2D eigenvalue weighted by molar-refractivity contribution is 7.89. The zero-order valence-electron chi connectivity index (χ0n) is 16.6. The van der Waals surface area contributed by atoms with Gasteiger partial charge >= 0.3 is 0 Å². The van der Waals surface area contributed by atoms with Crippen LogP contribution < -0.4 is 5.32 Å². The van der Waals surface area contributed by atoms with Crippen molar-refractivity contribution in [3.05, 3.63) is 28.3 Å². The lowest BCUT2D eigenvalue weighted by Crippen LogP contribution is -2.51. The summed E-state index contributed by atoms with van der Waals surface area (Å²) >= 11 is 0. The topological polar surface area (TPSA) is 69.7 Å². The zero-order chi connectivity index (χ0) is 19.5. The smallest absolute Gasteiger partial charge is 0.243 e. The number of nitrogens with zero attached hydrogens (tertiary/aromatic N) is 2. The highest BCUT2D eigenvalue weighted by Gasteiger charge is 2.32. The van der Waals surface area contributed by atoms with Gasteiger partial charge in [0.25, 0.3) is 0 Å². The molecule has 6 nitrogen and oxygen atoms in total. The first kappa shape index (κ1) is 20.9. The van der Waals surface area contributed by atoms with Crippen molar-refractivity contribution in [2.45, 2.75) is 45.9 Å². The van der Waals surface area contributed by atoms with Crippen LogP contribution in [0.3, 0.4) is 0 Å². The van der Waals surface area contributed by atoms with Crippen LogP contribution in [-0.4, -0.2) is 62.8 Å². The molecule has 0 spiro atoms. The molecule has 1 heterocycles. The summed E-state index contributed by atoms with van der Waals surface area (Å²) in [6.45, 7) is 12.6. The van der Waals surface area contributed by atoms with Gasteiger partial charge < -0.3 is 5.32 Å². The van der Waals surface area contributed by atoms with E-state index in [1.54, 1.807) is 4.31 Å². The Morgan fingerprint density at radius 1 is 1.04 bits per heavy atom. The Balaban J connectivity index is 2.11. The standard InChI is InChI=1S/C19H31N3O3S/c1-6-7-20-18(23)13-21-8-10-22(11-9-21)26(24,25)19-16(4)14(2)12-15(3)17(19)5/h12H,6-11,13H2,1-5H3,(H,20,23). The lowest BCUT2D eigenvalue weighted by Gasteiger charge is -2.34. The lowest BCUT2D eigenvalue weighted by molar-refractivity contribution is -0.122. The molecule has 0 aromatic heterocycles.